The van der Waals surface area contributed by atoms with Gasteiger partial charge < -0.3 is 5.11 Å². The summed E-state index contributed by atoms with van der Waals surface area (Å²) in [5, 5.41) is 19.1. The van der Waals surface area contributed by atoms with Gasteiger partial charge in [-0.25, -0.2) is 0 Å². The second-order valence-electron chi connectivity index (χ2n) is 5.41. The van der Waals surface area contributed by atoms with E-state index >= 15 is 0 Å². The molecule has 0 saturated heterocycles. The molecule has 100 valence electrons. The monoisotopic (exact) mass is 263 g/mol. The predicted molar refractivity (Wildman–Crippen MR) is 78.3 cm³/mol. The smallest absolute Gasteiger partial charge is 0.0991 e. The van der Waals surface area contributed by atoms with E-state index in [9.17, 15) is 5.11 Å². The van der Waals surface area contributed by atoms with Crippen LogP contribution in [-0.4, -0.2) is 5.11 Å². The van der Waals surface area contributed by atoms with Gasteiger partial charge in [0.25, 0.3) is 0 Å². The first kappa shape index (κ1) is 12.9. The summed E-state index contributed by atoms with van der Waals surface area (Å²) in [6.07, 6.45) is 3.71. The molecular weight excluding hydrogens is 246 g/mol. The zero-order valence-corrected chi connectivity index (χ0v) is 11.3. The Kier molecular flexibility index (Phi) is 3.54. The Morgan fingerprint density at radius 2 is 1.80 bits per heavy atom. The third kappa shape index (κ3) is 2.59. The Balaban J connectivity index is 1.75. The zero-order valence-electron chi connectivity index (χ0n) is 11.3. The summed E-state index contributed by atoms with van der Waals surface area (Å²) in [4.78, 5) is 0. The molecule has 0 aliphatic heterocycles. The largest absolute Gasteiger partial charge is 0.388 e. The molecule has 1 aliphatic carbocycles. The molecule has 0 saturated carbocycles. The van der Waals surface area contributed by atoms with Gasteiger partial charge in [-0.2, -0.15) is 5.26 Å². The van der Waals surface area contributed by atoms with Crippen LogP contribution in [0, 0.1) is 11.3 Å². The van der Waals surface area contributed by atoms with Gasteiger partial charge >= 0.3 is 0 Å². The van der Waals surface area contributed by atoms with E-state index in [-0.39, 0.29) is 0 Å². The molecular formula is C18H17NO. The van der Waals surface area contributed by atoms with Gasteiger partial charge in [0, 0.05) is 6.42 Å². The van der Waals surface area contributed by atoms with Crippen molar-refractivity contribution in [3.63, 3.8) is 0 Å². The number of rotatable bonds is 3. The molecule has 1 atom stereocenters. The fourth-order valence-electron chi connectivity index (χ4n) is 2.87. The van der Waals surface area contributed by atoms with Crippen LogP contribution >= 0.6 is 0 Å². The van der Waals surface area contributed by atoms with E-state index in [0.29, 0.717) is 12.0 Å². The van der Waals surface area contributed by atoms with E-state index in [0.717, 1.165) is 12.0 Å². The van der Waals surface area contributed by atoms with Crippen LogP contribution in [0.15, 0.2) is 42.5 Å². The number of fused-ring (bicyclic) bond motifs is 1. The van der Waals surface area contributed by atoms with Gasteiger partial charge in [-0.15, -0.1) is 0 Å². The highest BCUT2D eigenvalue weighted by Gasteiger charge is 2.13. The molecule has 0 bridgehead atoms. The maximum absolute atomic E-state index is 10.3. The number of nitrogens with zero attached hydrogens (tertiary/aromatic N) is 1. The molecule has 2 aromatic rings. The van der Waals surface area contributed by atoms with Crippen molar-refractivity contribution in [3.8, 4) is 6.07 Å². The number of aliphatic hydroxyl groups excluding tert-OH is 1. The number of hydrogen-bond donors (Lipinski definition) is 1. The number of aliphatic hydroxyl groups is 1. The lowest BCUT2D eigenvalue weighted by atomic mass is 9.98. The van der Waals surface area contributed by atoms with Crippen molar-refractivity contribution in [1.29, 1.82) is 5.26 Å². The summed E-state index contributed by atoms with van der Waals surface area (Å²) < 4.78 is 0. The van der Waals surface area contributed by atoms with E-state index in [1.165, 1.54) is 29.5 Å². The van der Waals surface area contributed by atoms with Gasteiger partial charge in [-0.05, 0) is 53.6 Å². The maximum atomic E-state index is 10.3. The molecule has 0 radical (unpaired) electrons. The molecule has 20 heavy (non-hydrogen) atoms. The number of aryl methyl sites for hydroxylation is 2. The molecule has 0 amide bonds. The number of benzene rings is 2. The molecule has 1 aliphatic rings. The Bertz CT molecular complexity index is 652. The van der Waals surface area contributed by atoms with Crippen molar-refractivity contribution in [2.45, 2.75) is 31.8 Å². The Labute approximate surface area is 119 Å². The van der Waals surface area contributed by atoms with Gasteiger partial charge in [0.1, 0.15) is 0 Å². The SMILES string of the molecule is N#Cc1ccc(C(O)Cc2ccc3c(c2)CCC3)cc1. The average Bonchev–Trinajstić information content (AvgIpc) is 2.95. The summed E-state index contributed by atoms with van der Waals surface area (Å²) in [6, 6.07) is 15.8. The Morgan fingerprint density at radius 1 is 1.05 bits per heavy atom. The maximum Gasteiger partial charge on any atom is 0.0991 e. The highest BCUT2D eigenvalue weighted by molar-refractivity contribution is 5.37. The van der Waals surface area contributed by atoms with Crippen LogP contribution in [0.25, 0.3) is 0 Å². The highest BCUT2D eigenvalue weighted by atomic mass is 16.3. The van der Waals surface area contributed by atoms with E-state index in [1.54, 1.807) is 12.1 Å². The first-order valence-electron chi connectivity index (χ1n) is 7.05. The fourth-order valence-corrected chi connectivity index (χ4v) is 2.87. The van der Waals surface area contributed by atoms with Gasteiger partial charge in [0.15, 0.2) is 0 Å². The quantitative estimate of drug-likeness (QED) is 0.923. The summed E-state index contributed by atoms with van der Waals surface area (Å²) >= 11 is 0. The van der Waals surface area contributed by atoms with Crippen molar-refractivity contribution in [2.24, 2.45) is 0 Å². The van der Waals surface area contributed by atoms with Gasteiger partial charge in [0.2, 0.25) is 0 Å². The molecule has 1 unspecified atom stereocenters. The molecule has 3 rings (SSSR count). The van der Waals surface area contributed by atoms with Crippen molar-refractivity contribution < 1.29 is 5.11 Å². The van der Waals surface area contributed by atoms with Crippen molar-refractivity contribution in [2.75, 3.05) is 0 Å². The minimum atomic E-state index is -0.512. The minimum absolute atomic E-state index is 0.512. The summed E-state index contributed by atoms with van der Waals surface area (Å²) in [5.41, 5.74) is 5.57. The molecule has 0 heterocycles. The summed E-state index contributed by atoms with van der Waals surface area (Å²) in [7, 11) is 0. The van der Waals surface area contributed by atoms with E-state index < -0.39 is 6.10 Å². The van der Waals surface area contributed by atoms with Crippen LogP contribution in [0.1, 0.15) is 40.3 Å². The minimum Gasteiger partial charge on any atom is -0.388 e. The average molecular weight is 263 g/mol. The second kappa shape index (κ2) is 5.48. The lowest BCUT2D eigenvalue weighted by Gasteiger charge is -2.12. The first-order chi connectivity index (χ1) is 9.76. The van der Waals surface area contributed by atoms with Crippen molar-refractivity contribution in [1.82, 2.24) is 0 Å². The van der Waals surface area contributed by atoms with Gasteiger partial charge in [-0.1, -0.05) is 30.3 Å². The van der Waals surface area contributed by atoms with Crippen LogP contribution in [-0.2, 0) is 19.3 Å². The van der Waals surface area contributed by atoms with Gasteiger partial charge in [0.05, 0.1) is 17.7 Å². The Morgan fingerprint density at radius 3 is 2.55 bits per heavy atom. The lowest BCUT2D eigenvalue weighted by Crippen LogP contribution is -2.02. The van der Waals surface area contributed by atoms with Gasteiger partial charge in [-0.3, -0.25) is 0 Å². The first-order valence-corrected chi connectivity index (χ1v) is 7.05. The van der Waals surface area contributed by atoms with E-state index in [1.807, 2.05) is 12.1 Å². The molecule has 0 fully saturated rings. The summed E-state index contributed by atoms with van der Waals surface area (Å²) in [5.74, 6) is 0. The molecule has 0 aromatic heterocycles. The van der Waals surface area contributed by atoms with Crippen LogP contribution in [0.2, 0.25) is 0 Å². The molecule has 1 N–H and O–H groups in total. The van der Waals surface area contributed by atoms with Crippen molar-refractivity contribution >= 4 is 0 Å². The van der Waals surface area contributed by atoms with E-state index in [4.69, 9.17) is 5.26 Å². The van der Waals surface area contributed by atoms with Crippen LogP contribution in [0.5, 0.6) is 0 Å². The van der Waals surface area contributed by atoms with Crippen LogP contribution in [0.3, 0.4) is 0 Å². The highest BCUT2D eigenvalue weighted by Crippen LogP contribution is 2.25. The molecule has 2 heteroatoms. The molecule has 0 spiro atoms. The third-order valence-electron chi connectivity index (χ3n) is 4.02. The number of hydrogen-bond acceptors (Lipinski definition) is 2. The normalized spacial score (nSPS) is 14.6. The van der Waals surface area contributed by atoms with E-state index in [2.05, 4.69) is 24.3 Å². The lowest BCUT2D eigenvalue weighted by molar-refractivity contribution is 0.178. The predicted octanol–water partition coefficient (Wildman–Crippen LogP) is 3.32. The molecule has 2 nitrogen and oxygen atoms in total. The second-order valence-corrected chi connectivity index (χ2v) is 5.41. The summed E-state index contributed by atoms with van der Waals surface area (Å²) in [6.45, 7) is 0. The topological polar surface area (TPSA) is 44.0 Å². The zero-order chi connectivity index (χ0) is 13.9. The Hall–Kier alpha value is -2.11. The fraction of sp³-hybridized carbons (Fsp3) is 0.278. The van der Waals surface area contributed by atoms with Crippen LogP contribution in [0.4, 0.5) is 0 Å². The number of nitriles is 1. The third-order valence-corrected chi connectivity index (χ3v) is 4.02. The standard InChI is InChI=1S/C18H17NO/c19-12-13-4-8-16(9-5-13)18(20)11-14-6-7-15-2-1-3-17(15)10-14/h4-10,18,20H,1-3,11H2. The van der Waals surface area contributed by atoms with Crippen molar-refractivity contribution in [3.05, 3.63) is 70.3 Å². The molecule has 2 aromatic carbocycles. The van der Waals surface area contributed by atoms with Crippen LogP contribution < -0.4 is 0 Å².